The average Bonchev–Trinajstić information content (AvgIpc) is 2.31. The minimum Gasteiger partial charge on any atom is -0.376 e. The van der Waals surface area contributed by atoms with Gasteiger partial charge in [-0.2, -0.15) is 0 Å². The van der Waals surface area contributed by atoms with Crippen molar-refractivity contribution in [3.63, 3.8) is 0 Å². The Morgan fingerprint density at radius 2 is 1.94 bits per heavy atom. The molecule has 0 aromatic heterocycles. The van der Waals surface area contributed by atoms with Gasteiger partial charge in [0.1, 0.15) is 0 Å². The van der Waals surface area contributed by atoms with Crippen LogP contribution >= 0.6 is 0 Å². The number of hydrogen-bond donors (Lipinski definition) is 2. The molecule has 0 spiro atoms. The van der Waals surface area contributed by atoms with Crippen molar-refractivity contribution in [3.05, 3.63) is 35.4 Å². The van der Waals surface area contributed by atoms with Gasteiger partial charge in [-0.1, -0.05) is 38.1 Å². The van der Waals surface area contributed by atoms with E-state index in [1.54, 1.807) is 0 Å². The topological polar surface area (TPSA) is 47.3 Å². The molecule has 1 rings (SSSR count). The number of benzene rings is 1. The van der Waals surface area contributed by atoms with E-state index >= 15 is 0 Å². The third-order valence-electron chi connectivity index (χ3n) is 3.05. The van der Waals surface area contributed by atoms with Crippen LogP contribution < -0.4 is 11.3 Å². The van der Waals surface area contributed by atoms with Gasteiger partial charge in [0.2, 0.25) is 0 Å². The van der Waals surface area contributed by atoms with Crippen molar-refractivity contribution in [1.29, 1.82) is 0 Å². The molecule has 1 aromatic rings. The van der Waals surface area contributed by atoms with Crippen molar-refractivity contribution < 1.29 is 4.74 Å². The lowest BCUT2D eigenvalue weighted by molar-refractivity contribution is 0.00263. The van der Waals surface area contributed by atoms with E-state index in [-0.39, 0.29) is 12.1 Å². The van der Waals surface area contributed by atoms with Crippen molar-refractivity contribution in [1.82, 2.24) is 5.43 Å². The van der Waals surface area contributed by atoms with Crippen LogP contribution in [0.15, 0.2) is 24.3 Å². The van der Waals surface area contributed by atoms with E-state index in [1.807, 2.05) is 19.1 Å². The van der Waals surface area contributed by atoms with Crippen LogP contribution in [0.4, 0.5) is 0 Å². The summed E-state index contributed by atoms with van der Waals surface area (Å²) in [5, 5.41) is 0. The van der Waals surface area contributed by atoms with Gasteiger partial charge in [-0.05, 0) is 30.9 Å². The second kappa shape index (κ2) is 6.74. The Morgan fingerprint density at radius 1 is 1.29 bits per heavy atom. The molecule has 3 N–H and O–H groups in total. The maximum Gasteiger partial charge on any atom is 0.0805 e. The summed E-state index contributed by atoms with van der Waals surface area (Å²) in [5.41, 5.74) is 5.35. The van der Waals surface area contributed by atoms with Gasteiger partial charge in [0.15, 0.2) is 0 Å². The van der Waals surface area contributed by atoms with E-state index in [1.165, 1.54) is 11.1 Å². The highest BCUT2D eigenvalue weighted by Gasteiger charge is 2.26. The fourth-order valence-electron chi connectivity index (χ4n) is 2.16. The first-order valence-corrected chi connectivity index (χ1v) is 6.25. The molecule has 0 heterocycles. The number of aryl methyl sites for hydroxylation is 1. The smallest absolute Gasteiger partial charge is 0.0805 e. The van der Waals surface area contributed by atoms with Crippen LogP contribution in [0.3, 0.4) is 0 Å². The number of ether oxygens (including phenoxy) is 1. The van der Waals surface area contributed by atoms with Crippen molar-refractivity contribution >= 4 is 0 Å². The van der Waals surface area contributed by atoms with Gasteiger partial charge in [-0.15, -0.1) is 0 Å². The molecule has 0 saturated heterocycles. The molecule has 0 fully saturated rings. The standard InChI is InChI=1S/C14H24N2O/c1-5-17-14(10(2)3)13(16-15)12-9-7-6-8-11(12)4/h6-10,13-14,16H,5,15H2,1-4H3. The second-order valence-corrected chi connectivity index (χ2v) is 4.66. The molecule has 0 aliphatic carbocycles. The van der Waals surface area contributed by atoms with E-state index in [0.29, 0.717) is 12.5 Å². The number of rotatable bonds is 6. The van der Waals surface area contributed by atoms with Gasteiger partial charge in [0.25, 0.3) is 0 Å². The van der Waals surface area contributed by atoms with Crippen LogP contribution in [0.25, 0.3) is 0 Å². The Labute approximate surface area is 104 Å². The Kier molecular flexibility index (Phi) is 5.62. The minimum absolute atomic E-state index is 0.0381. The summed E-state index contributed by atoms with van der Waals surface area (Å²) in [6.45, 7) is 9.13. The normalized spacial score (nSPS) is 14.9. The molecule has 17 heavy (non-hydrogen) atoms. The Morgan fingerprint density at radius 3 is 2.41 bits per heavy atom. The van der Waals surface area contributed by atoms with Crippen LogP contribution in [-0.4, -0.2) is 12.7 Å². The molecule has 0 radical (unpaired) electrons. The lowest BCUT2D eigenvalue weighted by Gasteiger charge is -2.30. The molecule has 0 amide bonds. The number of hydrogen-bond acceptors (Lipinski definition) is 3. The molecule has 2 unspecified atom stereocenters. The fourth-order valence-corrected chi connectivity index (χ4v) is 2.16. The molecule has 0 aliphatic heterocycles. The SMILES string of the molecule is CCOC(C(C)C)C(NN)c1ccccc1C. The molecule has 0 saturated carbocycles. The molecular formula is C14H24N2O. The lowest BCUT2D eigenvalue weighted by Crippen LogP contribution is -2.41. The van der Waals surface area contributed by atoms with Crippen molar-refractivity contribution in [3.8, 4) is 0 Å². The molecule has 0 bridgehead atoms. The summed E-state index contributed by atoms with van der Waals surface area (Å²) in [5.74, 6) is 6.13. The van der Waals surface area contributed by atoms with E-state index in [2.05, 4.69) is 38.3 Å². The van der Waals surface area contributed by atoms with E-state index in [0.717, 1.165) is 0 Å². The highest BCUT2D eigenvalue weighted by Crippen LogP contribution is 2.26. The van der Waals surface area contributed by atoms with Crippen LogP contribution in [0, 0.1) is 12.8 Å². The molecule has 1 aromatic carbocycles. The van der Waals surface area contributed by atoms with Crippen molar-refractivity contribution in [2.75, 3.05) is 6.61 Å². The zero-order valence-corrected chi connectivity index (χ0v) is 11.2. The maximum atomic E-state index is 5.82. The Hall–Kier alpha value is -0.900. The van der Waals surface area contributed by atoms with Crippen LogP contribution in [0.2, 0.25) is 0 Å². The summed E-state index contributed by atoms with van der Waals surface area (Å²) in [4.78, 5) is 0. The van der Waals surface area contributed by atoms with E-state index in [9.17, 15) is 0 Å². The Bertz CT molecular complexity index is 339. The van der Waals surface area contributed by atoms with Crippen molar-refractivity contribution in [2.45, 2.75) is 39.8 Å². The minimum atomic E-state index is 0.0381. The fraction of sp³-hybridized carbons (Fsp3) is 0.571. The number of hydrazine groups is 1. The van der Waals surface area contributed by atoms with Gasteiger partial charge in [-0.3, -0.25) is 11.3 Å². The van der Waals surface area contributed by atoms with Gasteiger partial charge in [0, 0.05) is 6.61 Å². The predicted octanol–water partition coefficient (Wildman–Crippen LogP) is 2.56. The summed E-state index contributed by atoms with van der Waals surface area (Å²) in [6, 6.07) is 8.32. The predicted molar refractivity (Wildman–Crippen MR) is 71.5 cm³/mol. The van der Waals surface area contributed by atoms with Crippen molar-refractivity contribution in [2.24, 2.45) is 11.8 Å². The van der Waals surface area contributed by atoms with Crippen LogP contribution in [0.5, 0.6) is 0 Å². The van der Waals surface area contributed by atoms with Gasteiger partial charge < -0.3 is 4.74 Å². The number of nitrogens with two attached hydrogens (primary N) is 1. The highest BCUT2D eigenvalue weighted by molar-refractivity contribution is 5.29. The maximum absolute atomic E-state index is 5.82. The summed E-state index contributed by atoms with van der Waals surface area (Å²) >= 11 is 0. The van der Waals surface area contributed by atoms with E-state index in [4.69, 9.17) is 10.6 Å². The third-order valence-corrected chi connectivity index (χ3v) is 3.05. The monoisotopic (exact) mass is 236 g/mol. The summed E-state index contributed by atoms with van der Waals surface area (Å²) in [6.07, 6.45) is 0.0890. The summed E-state index contributed by atoms with van der Waals surface area (Å²) in [7, 11) is 0. The molecule has 3 heteroatoms. The Balaban J connectivity index is 3.00. The van der Waals surface area contributed by atoms with Gasteiger partial charge in [0.05, 0.1) is 12.1 Å². The highest BCUT2D eigenvalue weighted by atomic mass is 16.5. The van der Waals surface area contributed by atoms with Gasteiger partial charge in [-0.25, -0.2) is 0 Å². The zero-order valence-electron chi connectivity index (χ0n) is 11.2. The molecule has 3 nitrogen and oxygen atoms in total. The number of nitrogens with one attached hydrogen (secondary N) is 1. The average molecular weight is 236 g/mol. The summed E-state index contributed by atoms with van der Waals surface area (Å²) < 4.78 is 5.82. The molecule has 96 valence electrons. The van der Waals surface area contributed by atoms with Gasteiger partial charge >= 0.3 is 0 Å². The first kappa shape index (κ1) is 14.2. The second-order valence-electron chi connectivity index (χ2n) is 4.66. The first-order valence-electron chi connectivity index (χ1n) is 6.25. The zero-order chi connectivity index (χ0) is 12.8. The first-order chi connectivity index (χ1) is 8.11. The lowest BCUT2D eigenvalue weighted by atomic mass is 9.91. The van der Waals surface area contributed by atoms with Crippen LogP contribution in [0.1, 0.15) is 37.9 Å². The van der Waals surface area contributed by atoms with Crippen LogP contribution in [-0.2, 0) is 4.74 Å². The largest absolute Gasteiger partial charge is 0.376 e. The molecule has 2 atom stereocenters. The molecule has 0 aliphatic rings. The van der Waals surface area contributed by atoms with E-state index < -0.39 is 0 Å². The third kappa shape index (κ3) is 3.53. The molecular weight excluding hydrogens is 212 g/mol. The quantitative estimate of drug-likeness (QED) is 0.589.